The van der Waals surface area contributed by atoms with E-state index >= 15 is 0 Å². The molecule has 1 aromatic carbocycles. The number of rotatable bonds is 8. The van der Waals surface area contributed by atoms with Gasteiger partial charge in [0.25, 0.3) is 0 Å². The molecule has 0 aromatic heterocycles. The van der Waals surface area contributed by atoms with Crippen molar-refractivity contribution in [3.05, 3.63) is 34.6 Å². The minimum atomic E-state index is -0.304. The van der Waals surface area contributed by atoms with Gasteiger partial charge in [0.2, 0.25) is 0 Å². The molecule has 0 heterocycles. The first-order valence-electron chi connectivity index (χ1n) is 5.96. The van der Waals surface area contributed by atoms with E-state index in [2.05, 4.69) is 12.2 Å². The van der Waals surface area contributed by atoms with Crippen LogP contribution in [0.3, 0.4) is 0 Å². The van der Waals surface area contributed by atoms with Gasteiger partial charge in [-0.1, -0.05) is 31.0 Å². The smallest absolute Gasteiger partial charge is 0.124 e. The van der Waals surface area contributed by atoms with Crippen molar-refractivity contribution >= 4 is 11.6 Å². The summed E-state index contributed by atoms with van der Waals surface area (Å²) in [5.74, 6) is -0.304. The second-order valence-electron chi connectivity index (χ2n) is 3.88. The third-order valence-corrected chi connectivity index (χ3v) is 2.75. The number of unbranched alkanes of at least 4 members (excludes halogenated alkanes) is 1. The van der Waals surface area contributed by atoms with Gasteiger partial charge in [-0.25, -0.2) is 4.39 Å². The second kappa shape index (κ2) is 8.45. The van der Waals surface area contributed by atoms with Crippen LogP contribution in [0.4, 0.5) is 4.39 Å². The van der Waals surface area contributed by atoms with Crippen LogP contribution in [-0.4, -0.2) is 19.8 Å². The van der Waals surface area contributed by atoms with Gasteiger partial charge in [0.1, 0.15) is 5.82 Å². The molecule has 0 bridgehead atoms. The Morgan fingerprint density at radius 3 is 2.88 bits per heavy atom. The molecule has 0 saturated heterocycles. The SMILES string of the molecule is CCCCOCCNCc1ccc(F)cc1Cl. The van der Waals surface area contributed by atoms with Gasteiger partial charge >= 0.3 is 0 Å². The molecule has 2 nitrogen and oxygen atoms in total. The summed E-state index contributed by atoms with van der Waals surface area (Å²) in [6.45, 7) is 5.06. The Kier molecular flexibility index (Phi) is 7.17. The number of ether oxygens (including phenoxy) is 1. The molecule has 0 unspecified atom stereocenters. The zero-order chi connectivity index (χ0) is 12.5. The molecule has 17 heavy (non-hydrogen) atoms. The van der Waals surface area contributed by atoms with E-state index in [1.165, 1.54) is 12.1 Å². The highest BCUT2D eigenvalue weighted by Crippen LogP contribution is 2.16. The van der Waals surface area contributed by atoms with E-state index in [0.29, 0.717) is 18.2 Å². The molecule has 0 fully saturated rings. The fraction of sp³-hybridized carbons (Fsp3) is 0.538. The normalized spacial score (nSPS) is 10.8. The molecule has 0 amide bonds. The Bertz CT molecular complexity index is 333. The van der Waals surface area contributed by atoms with E-state index in [0.717, 1.165) is 31.6 Å². The van der Waals surface area contributed by atoms with Crippen molar-refractivity contribution in [1.82, 2.24) is 5.32 Å². The highest BCUT2D eigenvalue weighted by atomic mass is 35.5. The van der Waals surface area contributed by atoms with Gasteiger partial charge in [-0.05, 0) is 24.1 Å². The van der Waals surface area contributed by atoms with Gasteiger partial charge in [0.15, 0.2) is 0 Å². The molecule has 1 N–H and O–H groups in total. The second-order valence-corrected chi connectivity index (χ2v) is 4.29. The minimum Gasteiger partial charge on any atom is -0.380 e. The van der Waals surface area contributed by atoms with Crippen LogP contribution in [0.1, 0.15) is 25.3 Å². The van der Waals surface area contributed by atoms with Crippen molar-refractivity contribution in [3.8, 4) is 0 Å². The molecule has 4 heteroatoms. The predicted octanol–water partition coefficient (Wildman–Crippen LogP) is 3.39. The van der Waals surface area contributed by atoms with E-state index in [1.54, 1.807) is 6.07 Å². The minimum absolute atomic E-state index is 0.304. The zero-order valence-corrected chi connectivity index (χ0v) is 10.9. The van der Waals surface area contributed by atoms with Crippen molar-refractivity contribution < 1.29 is 9.13 Å². The monoisotopic (exact) mass is 259 g/mol. The van der Waals surface area contributed by atoms with Crippen molar-refractivity contribution in [2.24, 2.45) is 0 Å². The van der Waals surface area contributed by atoms with Crippen LogP contribution in [0.15, 0.2) is 18.2 Å². The first-order valence-corrected chi connectivity index (χ1v) is 6.34. The van der Waals surface area contributed by atoms with E-state index < -0.39 is 0 Å². The van der Waals surface area contributed by atoms with Crippen molar-refractivity contribution in [2.45, 2.75) is 26.3 Å². The van der Waals surface area contributed by atoms with Crippen molar-refractivity contribution in [3.63, 3.8) is 0 Å². The number of halogens is 2. The van der Waals surface area contributed by atoms with E-state index in [4.69, 9.17) is 16.3 Å². The fourth-order valence-electron chi connectivity index (χ4n) is 1.38. The van der Waals surface area contributed by atoms with Gasteiger partial charge in [-0.15, -0.1) is 0 Å². The standard InChI is InChI=1S/C13H19ClFNO/c1-2-3-7-17-8-6-16-10-11-4-5-12(15)9-13(11)14/h4-5,9,16H,2-3,6-8,10H2,1H3. The average molecular weight is 260 g/mol. The lowest BCUT2D eigenvalue weighted by molar-refractivity contribution is 0.133. The third kappa shape index (κ3) is 6.01. The van der Waals surface area contributed by atoms with Gasteiger partial charge in [0.05, 0.1) is 6.61 Å². The number of nitrogens with one attached hydrogen (secondary N) is 1. The van der Waals surface area contributed by atoms with Crippen LogP contribution in [0.2, 0.25) is 5.02 Å². The Morgan fingerprint density at radius 2 is 2.18 bits per heavy atom. The number of hydrogen-bond acceptors (Lipinski definition) is 2. The summed E-state index contributed by atoms with van der Waals surface area (Å²) < 4.78 is 18.2. The molecule has 0 aliphatic rings. The molecule has 96 valence electrons. The van der Waals surface area contributed by atoms with E-state index in [9.17, 15) is 4.39 Å². The zero-order valence-electron chi connectivity index (χ0n) is 10.1. The van der Waals surface area contributed by atoms with Crippen LogP contribution in [-0.2, 0) is 11.3 Å². The molecule has 1 aromatic rings. The first-order chi connectivity index (χ1) is 8.24. The van der Waals surface area contributed by atoms with Gasteiger partial charge in [-0.3, -0.25) is 0 Å². The van der Waals surface area contributed by atoms with E-state index in [1.807, 2.05) is 0 Å². The van der Waals surface area contributed by atoms with E-state index in [-0.39, 0.29) is 5.82 Å². The van der Waals surface area contributed by atoms with Gasteiger partial charge in [-0.2, -0.15) is 0 Å². The van der Waals surface area contributed by atoms with Gasteiger partial charge in [0, 0.05) is 24.7 Å². The topological polar surface area (TPSA) is 21.3 Å². The summed E-state index contributed by atoms with van der Waals surface area (Å²) in [4.78, 5) is 0. The summed E-state index contributed by atoms with van der Waals surface area (Å²) in [5, 5.41) is 3.67. The molecule has 0 aliphatic carbocycles. The third-order valence-electron chi connectivity index (χ3n) is 2.40. The summed E-state index contributed by atoms with van der Waals surface area (Å²) in [6.07, 6.45) is 2.25. The van der Waals surface area contributed by atoms with Crippen LogP contribution < -0.4 is 5.32 Å². The molecule has 0 aliphatic heterocycles. The maximum Gasteiger partial charge on any atom is 0.124 e. The molecule has 0 atom stereocenters. The lowest BCUT2D eigenvalue weighted by atomic mass is 10.2. The molecular weight excluding hydrogens is 241 g/mol. The quantitative estimate of drug-likeness (QED) is 0.723. The molecular formula is C13H19ClFNO. The van der Waals surface area contributed by atoms with Crippen molar-refractivity contribution in [2.75, 3.05) is 19.8 Å². The highest BCUT2D eigenvalue weighted by molar-refractivity contribution is 6.31. The Morgan fingerprint density at radius 1 is 1.35 bits per heavy atom. The predicted molar refractivity (Wildman–Crippen MR) is 68.8 cm³/mol. The van der Waals surface area contributed by atoms with Crippen LogP contribution in [0.5, 0.6) is 0 Å². The number of hydrogen-bond donors (Lipinski definition) is 1. The molecule has 0 radical (unpaired) electrons. The maximum absolute atomic E-state index is 12.8. The molecule has 0 spiro atoms. The van der Waals surface area contributed by atoms with Crippen molar-refractivity contribution in [1.29, 1.82) is 0 Å². The van der Waals surface area contributed by atoms with Gasteiger partial charge < -0.3 is 10.1 Å². The van der Waals surface area contributed by atoms with Crippen LogP contribution in [0, 0.1) is 5.82 Å². The summed E-state index contributed by atoms with van der Waals surface area (Å²) in [7, 11) is 0. The Balaban J connectivity index is 2.14. The van der Waals surface area contributed by atoms with Crippen LogP contribution >= 0.6 is 11.6 Å². The Hall–Kier alpha value is -0.640. The first kappa shape index (κ1) is 14.4. The Labute approximate surface area is 107 Å². The summed E-state index contributed by atoms with van der Waals surface area (Å²) >= 11 is 5.90. The number of benzene rings is 1. The highest BCUT2D eigenvalue weighted by Gasteiger charge is 2.01. The summed E-state index contributed by atoms with van der Waals surface area (Å²) in [5.41, 5.74) is 0.904. The largest absolute Gasteiger partial charge is 0.380 e. The maximum atomic E-state index is 12.8. The fourth-order valence-corrected chi connectivity index (χ4v) is 1.61. The summed E-state index contributed by atoms with van der Waals surface area (Å²) in [6, 6.07) is 4.44. The molecule has 1 rings (SSSR count). The van der Waals surface area contributed by atoms with Crippen LogP contribution in [0.25, 0.3) is 0 Å². The lowest BCUT2D eigenvalue weighted by Gasteiger charge is -2.07. The average Bonchev–Trinajstić information content (AvgIpc) is 2.30. The lowest BCUT2D eigenvalue weighted by Crippen LogP contribution is -2.19. The molecule has 0 saturated carbocycles.